The van der Waals surface area contributed by atoms with E-state index >= 15 is 4.39 Å². The zero-order valence-corrected chi connectivity index (χ0v) is 27.0. The van der Waals surface area contributed by atoms with E-state index in [1.165, 1.54) is 30.7 Å². The van der Waals surface area contributed by atoms with Crippen LogP contribution in [0.3, 0.4) is 0 Å². The summed E-state index contributed by atoms with van der Waals surface area (Å²) in [4.78, 5) is 29.7. The number of hydrogen-bond acceptors (Lipinski definition) is 8. The fourth-order valence-corrected chi connectivity index (χ4v) is 10.8. The Morgan fingerprint density at radius 1 is 0.957 bits per heavy atom. The zero-order valence-electron chi connectivity index (χ0n) is 26.2. The van der Waals surface area contributed by atoms with Crippen molar-refractivity contribution in [3.63, 3.8) is 0 Å². The monoisotopic (exact) mass is 637 g/mol. The summed E-state index contributed by atoms with van der Waals surface area (Å²) in [6.45, 7) is 1.45. The minimum Gasteiger partial charge on any atom is -0.370 e. The maximum atomic E-state index is 15.3. The Morgan fingerprint density at radius 2 is 1.74 bits per heavy atom. The van der Waals surface area contributed by atoms with Crippen LogP contribution in [0.4, 0.5) is 10.1 Å². The molecule has 3 heterocycles. The number of pyridine rings is 1. The summed E-state index contributed by atoms with van der Waals surface area (Å²) >= 11 is 1.78. The number of fused-ring (bicyclic) bond motifs is 5. The molecule has 0 aliphatic heterocycles. The highest BCUT2D eigenvalue weighted by Crippen LogP contribution is 2.64. The van der Waals surface area contributed by atoms with E-state index in [-0.39, 0.29) is 16.7 Å². The largest absolute Gasteiger partial charge is 0.370 e. The third-order valence-electron chi connectivity index (χ3n) is 12.9. The molecule has 8 fully saturated rings. The Kier molecular flexibility index (Phi) is 5.86. The van der Waals surface area contributed by atoms with Gasteiger partial charge in [-0.2, -0.15) is 4.98 Å². The van der Waals surface area contributed by atoms with Gasteiger partial charge in [0.2, 0.25) is 5.89 Å². The van der Waals surface area contributed by atoms with Crippen LogP contribution in [0.5, 0.6) is 0 Å². The predicted octanol–water partition coefficient (Wildman–Crippen LogP) is 8.30. The van der Waals surface area contributed by atoms with Gasteiger partial charge in [0.05, 0.1) is 9.71 Å². The first-order chi connectivity index (χ1) is 22.3. The van der Waals surface area contributed by atoms with Crippen LogP contribution in [-0.2, 0) is 10.2 Å². The second kappa shape index (κ2) is 9.68. The SMILES string of the molecule is O=CC1(CN(CC23CCC(c4nc(C5CC5)no4)(CC2)CC3)c2cccc(-c3cnc4nc(C5CC5)sc4c3)c2)CC2(F)CC1C2. The molecular formula is C37H40FN5O2S. The molecule has 8 aliphatic carbocycles. The van der Waals surface area contributed by atoms with Crippen molar-refractivity contribution < 1.29 is 13.7 Å². The number of nitrogens with zero attached hydrogens (tertiary/aromatic N) is 5. The summed E-state index contributed by atoms with van der Waals surface area (Å²) in [6.07, 6.45) is 15.8. The number of aldehydes is 1. The van der Waals surface area contributed by atoms with Gasteiger partial charge in [-0.25, -0.2) is 14.4 Å². The lowest BCUT2D eigenvalue weighted by atomic mass is 9.53. The standard InChI is InChI=1S/C37H40FN5O2S/c38-37-16-27(17-37)36(19-37,22-44)21-43(20-34-8-11-35(12-9-34,13-10-34)33-41-30(42-45-33)23-4-5-23)28-3-1-2-25(14-28)26-15-29-31(39-18-26)40-32(46-29)24-6-7-24/h1-3,14-15,18,22-24,27H,4-13,16-17,19-21H2. The molecule has 1 unspecified atom stereocenters. The van der Waals surface area contributed by atoms with Gasteiger partial charge in [-0.05, 0) is 119 Å². The van der Waals surface area contributed by atoms with Crippen LogP contribution in [0.2, 0.25) is 0 Å². The number of rotatable bonds is 10. The van der Waals surface area contributed by atoms with Crippen molar-refractivity contribution in [1.29, 1.82) is 0 Å². The van der Waals surface area contributed by atoms with E-state index in [1.807, 2.05) is 6.20 Å². The molecule has 0 radical (unpaired) electrons. The molecule has 4 aromatic rings. The lowest BCUT2D eigenvalue weighted by molar-refractivity contribution is -0.117. The lowest BCUT2D eigenvalue weighted by Gasteiger charge is -2.54. The molecule has 1 aromatic carbocycles. The number of alkyl halides is 1. The average molecular weight is 638 g/mol. The number of anilines is 1. The maximum absolute atomic E-state index is 15.3. The van der Waals surface area contributed by atoms with Crippen LogP contribution in [0.15, 0.2) is 41.1 Å². The van der Waals surface area contributed by atoms with Crippen molar-refractivity contribution in [1.82, 2.24) is 20.1 Å². The molecule has 238 valence electrons. The first kappa shape index (κ1) is 27.9. The van der Waals surface area contributed by atoms with Gasteiger partial charge in [0.15, 0.2) is 11.5 Å². The highest BCUT2D eigenvalue weighted by Gasteiger charge is 2.65. The van der Waals surface area contributed by atoms with Crippen LogP contribution in [0, 0.1) is 16.7 Å². The highest BCUT2D eigenvalue weighted by molar-refractivity contribution is 7.18. The van der Waals surface area contributed by atoms with Crippen molar-refractivity contribution in [2.45, 2.75) is 106 Å². The van der Waals surface area contributed by atoms with E-state index in [0.29, 0.717) is 37.6 Å². The summed E-state index contributed by atoms with van der Waals surface area (Å²) in [6, 6.07) is 11.0. The zero-order chi connectivity index (χ0) is 30.7. The third kappa shape index (κ3) is 4.43. The predicted molar refractivity (Wildman–Crippen MR) is 175 cm³/mol. The molecule has 0 amide bonds. The lowest BCUT2D eigenvalue weighted by Crippen LogP contribution is -2.51. The van der Waals surface area contributed by atoms with Gasteiger partial charge in [-0.3, -0.25) is 0 Å². The molecule has 7 nitrogen and oxygen atoms in total. The van der Waals surface area contributed by atoms with Gasteiger partial charge in [-0.1, -0.05) is 17.3 Å². The fourth-order valence-electron chi connectivity index (χ4n) is 9.63. The van der Waals surface area contributed by atoms with Crippen LogP contribution in [0.25, 0.3) is 21.5 Å². The molecule has 1 atom stereocenters. The van der Waals surface area contributed by atoms with E-state index in [4.69, 9.17) is 19.5 Å². The second-order valence-corrected chi connectivity index (χ2v) is 17.1. The molecule has 9 heteroatoms. The number of benzene rings is 1. The van der Waals surface area contributed by atoms with Crippen LogP contribution >= 0.6 is 11.3 Å². The third-order valence-corrected chi connectivity index (χ3v) is 14.1. The number of carbonyl (C=O) groups excluding carboxylic acids is 1. The van der Waals surface area contributed by atoms with Crippen LogP contribution in [0.1, 0.15) is 112 Å². The molecule has 8 saturated carbocycles. The maximum Gasteiger partial charge on any atom is 0.232 e. The Morgan fingerprint density at radius 3 is 2.43 bits per heavy atom. The van der Waals surface area contributed by atoms with Gasteiger partial charge in [0.1, 0.15) is 12.0 Å². The first-order valence-electron chi connectivity index (χ1n) is 17.5. The van der Waals surface area contributed by atoms with Crippen molar-refractivity contribution in [2.75, 3.05) is 18.0 Å². The minimum atomic E-state index is -1.16. The number of halogens is 1. The molecule has 0 saturated heterocycles. The number of thiazole rings is 1. The molecule has 8 aliphatic rings. The molecule has 46 heavy (non-hydrogen) atoms. The molecule has 0 N–H and O–H groups in total. The van der Waals surface area contributed by atoms with Gasteiger partial charge in [0.25, 0.3) is 0 Å². The van der Waals surface area contributed by atoms with E-state index in [0.717, 1.165) is 90.2 Å². The van der Waals surface area contributed by atoms with Crippen LogP contribution < -0.4 is 4.90 Å². The minimum absolute atomic E-state index is 0.00557. The fraction of sp³-hybridized carbons (Fsp3) is 0.595. The quantitative estimate of drug-likeness (QED) is 0.162. The van der Waals surface area contributed by atoms with Gasteiger partial charge >= 0.3 is 0 Å². The summed E-state index contributed by atoms with van der Waals surface area (Å²) in [5.41, 5.74) is 2.52. The molecule has 0 spiro atoms. The topological polar surface area (TPSA) is 85.0 Å². The average Bonchev–Trinajstić information content (AvgIpc) is 3.97. The van der Waals surface area contributed by atoms with Crippen molar-refractivity contribution in [3.8, 4) is 11.1 Å². The van der Waals surface area contributed by atoms with Crippen molar-refractivity contribution in [2.24, 2.45) is 16.7 Å². The molecule has 3 aromatic heterocycles. The summed E-state index contributed by atoms with van der Waals surface area (Å²) in [5.74, 6) is 3.03. The van der Waals surface area contributed by atoms with E-state index in [1.54, 1.807) is 11.3 Å². The Bertz CT molecular complexity index is 1830. The van der Waals surface area contributed by atoms with Gasteiger partial charge in [-0.15, -0.1) is 11.3 Å². The van der Waals surface area contributed by atoms with E-state index in [2.05, 4.69) is 40.4 Å². The second-order valence-electron chi connectivity index (χ2n) is 16.1. The van der Waals surface area contributed by atoms with Gasteiger partial charge < -0.3 is 14.2 Å². The first-order valence-corrected chi connectivity index (χ1v) is 18.3. The van der Waals surface area contributed by atoms with Crippen molar-refractivity contribution in [3.05, 3.63) is 53.3 Å². The van der Waals surface area contributed by atoms with E-state index in [9.17, 15) is 4.79 Å². The Hall–Kier alpha value is -3.20. The molecule has 4 bridgehead atoms. The Labute approximate surface area is 272 Å². The summed E-state index contributed by atoms with van der Waals surface area (Å²) < 4.78 is 22.4. The number of aromatic nitrogens is 4. The molecule has 12 rings (SSSR count). The highest BCUT2D eigenvalue weighted by atomic mass is 32.1. The summed E-state index contributed by atoms with van der Waals surface area (Å²) in [7, 11) is 0. The van der Waals surface area contributed by atoms with Crippen LogP contribution in [-0.4, -0.2) is 45.2 Å². The van der Waals surface area contributed by atoms with Crippen molar-refractivity contribution >= 4 is 33.7 Å². The Balaban J connectivity index is 0.955. The normalized spacial score (nSPS) is 34.6. The smallest absolute Gasteiger partial charge is 0.232 e. The number of carbonyl (C=O) groups is 1. The van der Waals surface area contributed by atoms with E-state index < -0.39 is 11.1 Å². The van der Waals surface area contributed by atoms with Gasteiger partial charge in [0, 0.05) is 53.2 Å². The number of hydrogen-bond donors (Lipinski definition) is 0. The molecular weight excluding hydrogens is 598 g/mol. The summed E-state index contributed by atoms with van der Waals surface area (Å²) in [5, 5.41) is 5.57.